The van der Waals surface area contributed by atoms with E-state index in [1.54, 1.807) is 33.5 Å². The van der Waals surface area contributed by atoms with E-state index >= 15 is 0 Å². The van der Waals surface area contributed by atoms with Gasteiger partial charge in [0.05, 0.1) is 40.0 Å². The minimum Gasteiger partial charge on any atom is -0.344 e. The number of benzene rings is 1. The monoisotopic (exact) mass is 456 g/mol. The molecule has 8 nitrogen and oxygen atoms in total. The van der Waals surface area contributed by atoms with Gasteiger partial charge in [-0.25, -0.2) is 4.79 Å². The predicted molar refractivity (Wildman–Crippen MR) is 126 cm³/mol. The van der Waals surface area contributed by atoms with Crippen LogP contribution in [0.1, 0.15) is 61.5 Å². The lowest BCUT2D eigenvalue weighted by Gasteiger charge is -2.54. The maximum absolute atomic E-state index is 13.4. The van der Waals surface area contributed by atoms with Crippen molar-refractivity contribution in [3.8, 4) is 5.69 Å². The van der Waals surface area contributed by atoms with Crippen molar-refractivity contribution in [2.75, 3.05) is 11.5 Å². The molecule has 1 aromatic carbocycles. The predicted octanol–water partition coefficient (Wildman–Crippen LogP) is 3.90. The molecule has 1 aliphatic carbocycles. The third kappa shape index (κ3) is 3.64. The van der Waals surface area contributed by atoms with Gasteiger partial charge >= 0.3 is 5.69 Å². The van der Waals surface area contributed by atoms with Gasteiger partial charge in [-0.2, -0.15) is 10.6 Å². The van der Waals surface area contributed by atoms with Crippen molar-refractivity contribution >= 4 is 27.5 Å². The van der Waals surface area contributed by atoms with Crippen LogP contribution >= 0.6 is 10.6 Å². The molecule has 0 bridgehead atoms. The topological polar surface area (TPSA) is 109 Å². The van der Waals surface area contributed by atoms with Crippen LogP contribution in [0.5, 0.6) is 0 Å². The van der Waals surface area contributed by atoms with Crippen molar-refractivity contribution in [1.82, 2.24) is 19.4 Å². The van der Waals surface area contributed by atoms with Crippen molar-refractivity contribution in [1.29, 1.82) is 0 Å². The molecule has 32 heavy (non-hydrogen) atoms. The highest BCUT2D eigenvalue weighted by molar-refractivity contribution is 8.25. The van der Waals surface area contributed by atoms with E-state index in [0.717, 1.165) is 29.6 Å². The second-order valence-corrected chi connectivity index (χ2v) is 11.8. The van der Waals surface area contributed by atoms with Crippen LogP contribution in [0.2, 0.25) is 0 Å². The molecule has 2 aromatic heterocycles. The molecule has 3 heterocycles. The summed E-state index contributed by atoms with van der Waals surface area (Å²) >= 11 is 0. The number of nitrogens with one attached hydrogen (secondary N) is 1. The Hall–Kier alpha value is -2.62. The Labute approximate surface area is 187 Å². The first-order chi connectivity index (χ1) is 15.1. The molecule has 2 fully saturated rings. The van der Waals surface area contributed by atoms with E-state index in [4.69, 9.17) is 0 Å². The quantitative estimate of drug-likeness (QED) is 0.539. The van der Waals surface area contributed by atoms with Crippen LogP contribution in [0.3, 0.4) is 0 Å². The minimum atomic E-state index is -2.58. The zero-order valence-electron chi connectivity index (χ0n) is 18.4. The van der Waals surface area contributed by atoms with Crippen LogP contribution in [0.4, 0.5) is 0 Å². The van der Waals surface area contributed by atoms with E-state index in [1.807, 2.05) is 33.0 Å². The maximum atomic E-state index is 13.4. The summed E-state index contributed by atoms with van der Waals surface area (Å²) in [7, 11) is -2.58. The summed E-state index contributed by atoms with van der Waals surface area (Å²) in [5, 5.41) is 2.92. The van der Waals surface area contributed by atoms with Gasteiger partial charge in [0.1, 0.15) is 0 Å². The van der Waals surface area contributed by atoms with Gasteiger partial charge in [-0.1, -0.05) is 0 Å². The number of amides is 1. The van der Waals surface area contributed by atoms with Gasteiger partial charge < -0.3 is 5.32 Å². The minimum absolute atomic E-state index is 0.0960. The Balaban J connectivity index is 1.56. The summed E-state index contributed by atoms with van der Waals surface area (Å²) < 4.78 is 22.8. The average molecular weight is 457 g/mol. The normalized spacial score (nSPS) is 20.2. The molecule has 9 heteroatoms. The summed E-state index contributed by atoms with van der Waals surface area (Å²) in [5.74, 6) is 0.548. The standard InChI is InChI=1S/C23H28N4O4S/c1-14(2)26-20-9-16(21(28)25-23(3)12-32(30,31)13-23)6-7-19(20)27(22(26)29)18-8-17(10-24-11-18)15-4-5-15/h6-11,14-15,30-31H,4-5,12-13H2,1-3H3,(H,25,28). The summed E-state index contributed by atoms with van der Waals surface area (Å²) in [6.07, 6.45) is 5.88. The Morgan fingerprint density at radius 3 is 2.53 bits per heavy atom. The second kappa shape index (κ2) is 7.19. The number of carbonyl (C=O) groups is 1. The maximum Gasteiger partial charge on any atom is 0.334 e. The van der Waals surface area contributed by atoms with Gasteiger partial charge in [0.25, 0.3) is 5.91 Å². The number of pyridine rings is 1. The van der Waals surface area contributed by atoms with Gasteiger partial charge in [0.15, 0.2) is 0 Å². The first-order valence-electron chi connectivity index (χ1n) is 10.9. The number of carbonyl (C=O) groups excluding carboxylic acids is 1. The number of fused-ring (bicyclic) bond motifs is 1. The lowest BCUT2D eigenvalue weighted by Crippen LogP contribution is -2.61. The van der Waals surface area contributed by atoms with Crippen LogP contribution in [-0.2, 0) is 0 Å². The Kier molecular flexibility index (Phi) is 4.77. The number of hydrogen-bond acceptors (Lipinski definition) is 5. The van der Waals surface area contributed by atoms with Crippen LogP contribution in [0.15, 0.2) is 41.5 Å². The third-order valence-electron chi connectivity index (χ3n) is 6.22. The summed E-state index contributed by atoms with van der Waals surface area (Å²) in [6, 6.07) is 7.18. The van der Waals surface area contributed by atoms with Gasteiger partial charge in [0, 0.05) is 17.8 Å². The molecular weight excluding hydrogens is 428 g/mol. The van der Waals surface area contributed by atoms with E-state index in [9.17, 15) is 18.7 Å². The lowest BCUT2D eigenvalue weighted by molar-refractivity contribution is 0.0914. The van der Waals surface area contributed by atoms with Crippen molar-refractivity contribution in [3.63, 3.8) is 0 Å². The van der Waals surface area contributed by atoms with E-state index in [-0.39, 0.29) is 29.1 Å². The lowest BCUT2D eigenvalue weighted by atomic mass is 10.1. The zero-order chi connectivity index (χ0) is 22.8. The van der Waals surface area contributed by atoms with Gasteiger partial charge in [-0.3, -0.25) is 28.0 Å². The molecule has 0 spiro atoms. The Bertz CT molecular complexity index is 1280. The van der Waals surface area contributed by atoms with E-state index in [1.165, 1.54) is 0 Å². The van der Waals surface area contributed by atoms with E-state index in [0.29, 0.717) is 17.0 Å². The van der Waals surface area contributed by atoms with Crippen LogP contribution < -0.4 is 11.0 Å². The smallest absolute Gasteiger partial charge is 0.334 e. The van der Waals surface area contributed by atoms with Crippen molar-refractivity contribution < 1.29 is 13.9 Å². The summed E-state index contributed by atoms with van der Waals surface area (Å²) in [4.78, 5) is 30.7. The molecule has 3 aromatic rings. The molecule has 170 valence electrons. The number of aromatic nitrogens is 3. The molecular formula is C23H28N4O4S. The molecule has 0 unspecified atom stereocenters. The molecule has 2 aliphatic rings. The first-order valence-corrected chi connectivity index (χ1v) is 12.7. The molecule has 1 amide bonds. The second-order valence-electron chi connectivity index (χ2n) is 9.64. The van der Waals surface area contributed by atoms with Crippen molar-refractivity contribution in [2.24, 2.45) is 0 Å². The number of nitrogens with zero attached hydrogens (tertiary/aromatic N) is 3. The molecule has 5 rings (SSSR count). The van der Waals surface area contributed by atoms with Crippen LogP contribution in [0, 0.1) is 0 Å². The summed E-state index contributed by atoms with van der Waals surface area (Å²) in [6.45, 7) is 5.69. The molecule has 0 atom stereocenters. The largest absolute Gasteiger partial charge is 0.344 e. The van der Waals surface area contributed by atoms with Crippen LogP contribution in [0.25, 0.3) is 16.7 Å². The fourth-order valence-corrected chi connectivity index (χ4v) is 6.81. The fourth-order valence-electron chi connectivity index (χ4n) is 4.71. The molecule has 3 N–H and O–H groups in total. The van der Waals surface area contributed by atoms with Crippen molar-refractivity contribution in [3.05, 3.63) is 58.3 Å². The zero-order valence-corrected chi connectivity index (χ0v) is 19.2. The highest BCUT2D eigenvalue weighted by Gasteiger charge is 2.45. The molecule has 1 saturated carbocycles. The number of imidazole rings is 1. The molecule has 0 radical (unpaired) electrons. The van der Waals surface area contributed by atoms with Crippen LogP contribution in [-0.4, -0.2) is 46.2 Å². The Morgan fingerprint density at radius 2 is 1.91 bits per heavy atom. The number of rotatable bonds is 5. The Morgan fingerprint density at radius 1 is 1.19 bits per heavy atom. The number of hydrogen-bond donors (Lipinski definition) is 3. The third-order valence-corrected chi connectivity index (χ3v) is 8.42. The van der Waals surface area contributed by atoms with Gasteiger partial charge in [-0.05, 0) is 69.4 Å². The SMILES string of the molecule is CC(C)n1c(=O)n(-c2cncc(C3CC3)c2)c2ccc(C(=O)NC3(C)CS(O)(O)C3)cc21. The molecule has 1 aliphatic heterocycles. The highest BCUT2D eigenvalue weighted by atomic mass is 32.3. The molecule has 1 saturated heterocycles. The van der Waals surface area contributed by atoms with Gasteiger partial charge in [0.2, 0.25) is 0 Å². The first kappa shape index (κ1) is 21.2. The van der Waals surface area contributed by atoms with E-state index in [2.05, 4.69) is 10.3 Å². The summed E-state index contributed by atoms with van der Waals surface area (Å²) in [5.41, 5.74) is 2.91. The van der Waals surface area contributed by atoms with E-state index < -0.39 is 16.1 Å². The fraction of sp³-hybridized carbons (Fsp3) is 0.435. The van der Waals surface area contributed by atoms with Crippen molar-refractivity contribution in [2.45, 2.75) is 51.1 Å². The highest BCUT2D eigenvalue weighted by Crippen LogP contribution is 2.53. The van der Waals surface area contributed by atoms with Gasteiger partial charge in [-0.15, -0.1) is 0 Å². The average Bonchev–Trinajstić information content (AvgIpc) is 3.48.